The molecule has 184 valence electrons. The van der Waals surface area contributed by atoms with Gasteiger partial charge in [0.1, 0.15) is 0 Å². The molecule has 2 N–H and O–H groups in total. The Morgan fingerprint density at radius 3 is 1.29 bits per heavy atom. The Bertz CT molecular complexity index is 400. The van der Waals surface area contributed by atoms with Crippen molar-refractivity contribution in [3.8, 4) is 0 Å². The summed E-state index contributed by atoms with van der Waals surface area (Å²) in [5.41, 5.74) is 6.94. The molecule has 2 nitrogen and oxygen atoms in total. The Labute approximate surface area is 196 Å². The zero-order valence-corrected chi connectivity index (χ0v) is 21.5. The van der Waals surface area contributed by atoms with Gasteiger partial charge in [-0.3, -0.25) is 4.90 Å². The van der Waals surface area contributed by atoms with Crippen LogP contribution in [0.1, 0.15) is 161 Å². The molecule has 31 heavy (non-hydrogen) atoms. The molecule has 3 aliphatic heterocycles. The highest BCUT2D eigenvalue weighted by molar-refractivity contribution is 4.95. The van der Waals surface area contributed by atoms with Crippen LogP contribution in [0.25, 0.3) is 0 Å². The Kier molecular flexibility index (Phi) is 15.3. The number of nitrogens with zero attached hydrogens (tertiary/aromatic N) is 1. The smallest absolute Gasteiger partial charge is 0.0577 e. The van der Waals surface area contributed by atoms with Crippen molar-refractivity contribution in [3.63, 3.8) is 0 Å². The van der Waals surface area contributed by atoms with Crippen LogP contribution in [0, 0.1) is 5.41 Å². The van der Waals surface area contributed by atoms with Crippen LogP contribution in [0.3, 0.4) is 0 Å². The molecule has 0 radical (unpaired) electrons. The Balaban J connectivity index is 1.24. The van der Waals surface area contributed by atoms with Crippen LogP contribution in [0.4, 0.5) is 0 Å². The van der Waals surface area contributed by atoms with Gasteiger partial charge in [0.25, 0.3) is 0 Å². The highest BCUT2D eigenvalue weighted by atomic mass is 15.2. The topological polar surface area (TPSA) is 29.3 Å². The maximum atomic E-state index is 6.31. The molecule has 0 aromatic heterocycles. The molecule has 0 aromatic carbocycles. The average Bonchev–Trinajstić information content (AvgIpc) is 2.78. The number of unbranched alkanes of at least 4 members (excludes halogenated alkanes) is 19. The van der Waals surface area contributed by atoms with Crippen molar-refractivity contribution in [3.05, 3.63) is 0 Å². The maximum absolute atomic E-state index is 6.31. The van der Waals surface area contributed by atoms with Gasteiger partial charge in [-0.25, -0.2) is 0 Å². The number of rotatable bonds is 21. The Hall–Kier alpha value is -0.0800. The van der Waals surface area contributed by atoms with Gasteiger partial charge >= 0.3 is 0 Å². The van der Waals surface area contributed by atoms with E-state index in [4.69, 9.17) is 5.73 Å². The normalized spacial score (nSPS) is 25.4. The second-order valence-corrected chi connectivity index (χ2v) is 11.3. The fourth-order valence-corrected chi connectivity index (χ4v) is 6.21. The first-order valence-electron chi connectivity index (χ1n) is 14.8. The summed E-state index contributed by atoms with van der Waals surface area (Å²) < 4.78 is 0. The molecule has 0 aliphatic carbocycles. The van der Waals surface area contributed by atoms with Gasteiger partial charge in [-0.15, -0.1) is 0 Å². The molecule has 3 heterocycles. The first-order chi connectivity index (χ1) is 15.3. The number of hydrogen-bond donors (Lipinski definition) is 1. The monoisotopic (exact) mass is 434 g/mol. The fraction of sp³-hybridized carbons (Fsp3) is 1.00. The van der Waals surface area contributed by atoms with Crippen molar-refractivity contribution in [2.24, 2.45) is 11.1 Å². The summed E-state index contributed by atoms with van der Waals surface area (Å²) in [4.78, 5) is 2.50. The standard InChI is InChI=1S/C29H58N2/c1-2-3-4-5-6-7-8-9-10-11-12-13-14-15-16-17-18-19-20-21-22-29-23-25-31(26-24-29)28(30)27-29/h28H,2-27,30H2,1H3. The van der Waals surface area contributed by atoms with E-state index in [0.717, 1.165) is 0 Å². The van der Waals surface area contributed by atoms with E-state index < -0.39 is 0 Å². The third-order valence-corrected chi connectivity index (χ3v) is 8.53. The second kappa shape index (κ2) is 17.4. The van der Waals surface area contributed by atoms with E-state index in [1.165, 1.54) is 167 Å². The second-order valence-electron chi connectivity index (χ2n) is 11.3. The molecule has 3 aliphatic rings. The van der Waals surface area contributed by atoms with Crippen molar-refractivity contribution in [2.75, 3.05) is 13.1 Å². The minimum absolute atomic E-state index is 0.368. The van der Waals surface area contributed by atoms with E-state index in [1.807, 2.05) is 0 Å². The summed E-state index contributed by atoms with van der Waals surface area (Å²) in [6.07, 6.45) is 35.3. The zero-order valence-electron chi connectivity index (χ0n) is 21.5. The van der Waals surface area contributed by atoms with Gasteiger partial charge in [0.05, 0.1) is 6.17 Å². The molecule has 2 bridgehead atoms. The fourth-order valence-electron chi connectivity index (χ4n) is 6.21. The molecule has 3 saturated heterocycles. The van der Waals surface area contributed by atoms with Crippen LogP contribution in [-0.2, 0) is 0 Å². The third-order valence-electron chi connectivity index (χ3n) is 8.53. The minimum atomic E-state index is 0.368. The van der Waals surface area contributed by atoms with Crippen LogP contribution >= 0.6 is 0 Å². The number of fused-ring (bicyclic) bond motifs is 3. The van der Waals surface area contributed by atoms with E-state index in [1.54, 1.807) is 0 Å². The van der Waals surface area contributed by atoms with E-state index in [-0.39, 0.29) is 0 Å². The molecule has 2 heteroatoms. The Morgan fingerprint density at radius 2 is 0.935 bits per heavy atom. The lowest BCUT2D eigenvalue weighted by Gasteiger charge is -2.52. The van der Waals surface area contributed by atoms with Gasteiger partial charge in [-0.05, 0) is 31.1 Å². The molecule has 3 fully saturated rings. The van der Waals surface area contributed by atoms with Crippen molar-refractivity contribution in [1.82, 2.24) is 4.90 Å². The van der Waals surface area contributed by atoms with Gasteiger partial charge in [0, 0.05) is 13.1 Å². The largest absolute Gasteiger partial charge is 0.316 e. The quantitative estimate of drug-likeness (QED) is 0.183. The van der Waals surface area contributed by atoms with Crippen molar-refractivity contribution >= 4 is 0 Å². The number of piperidine rings is 3. The molecular formula is C29H58N2. The SMILES string of the molecule is CCCCCCCCCCCCCCCCCCCCCCC12CCN(CC1)C(N)C2. The minimum Gasteiger partial charge on any atom is -0.316 e. The zero-order chi connectivity index (χ0) is 22.0. The molecule has 3 rings (SSSR count). The number of nitrogens with two attached hydrogens (primary N) is 1. The van der Waals surface area contributed by atoms with E-state index in [9.17, 15) is 0 Å². The summed E-state index contributed by atoms with van der Waals surface area (Å²) >= 11 is 0. The summed E-state index contributed by atoms with van der Waals surface area (Å²) in [5, 5.41) is 0. The lowest BCUT2D eigenvalue weighted by atomic mass is 9.68. The lowest BCUT2D eigenvalue weighted by Crippen LogP contribution is -2.57. The van der Waals surface area contributed by atoms with E-state index in [2.05, 4.69) is 11.8 Å². The van der Waals surface area contributed by atoms with Gasteiger partial charge in [-0.2, -0.15) is 0 Å². The highest BCUT2D eigenvalue weighted by Crippen LogP contribution is 2.45. The van der Waals surface area contributed by atoms with Crippen molar-refractivity contribution < 1.29 is 0 Å². The summed E-state index contributed by atoms with van der Waals surface area (Å²) in [6.45, 7) is 4.83. The molecule has 0 amide bonds. The summed E-state index contributed by atoms with van der Waals surface area (Å²) in [6, 6.07) is 0. The summed E-state index contributed by atoms with van der Waals surface area (Å²) in [7, 11) is 0. The van der Waals surface area contributed by atoms with Gasteiger partial charge < -0.3 is 5.73 Å². The molecule has 1 atom stereocenters. The predicted molar refractivity (Wildman–Crippen MR) is 138 cm³/mol. The molecular weight excluding hydrogens is 376 g/mol. The molecule has 1 unspecified atom stereocenters. The maximum Gasteiger partial charge on any atom is 0.0577 e. The molecule has 0 spiro atoms. The number of hydrogen-bond acceptors (Lipinski definition) is 2. The third kappa shape index (κ3) is 12.1. The predicted octanol–water partition coefficient (Wildman–Crippen LogP) is 8.97. The Morgan fingerprint density at radius 1 is 0.581 bits per heavy atom. The molecule has 0 aromatic rings. The van der Waals surface area contributed by atoms with Crippen LogP contribution < -0.4 is 5.73 Å². The van der Waals surface area contributed by atoms with E-state index >= 15 is 0 Å². The van der Waals surface area contributed by atoms with E-state index in [0.29, 0.717) is 11.6 Å². The van der Waals surface area contributed by atoms with Gasteiger partial charge in [0.15, 0.2) is 0 Å². The van der Waals surface area contributed by atoms with Gasteiger partial charge in [-0.1, -0.05) is 135 Å². The summed E-state index contributed by atoms with van der Waals surface area (Å²) in [5.74, 6) is 0. The van der Waals surface area contributed by atoms with Crippen LogP contribution in [0.2, 0.25) is 0 Å². The van der Waals surface area contributed by atoms with Crippen molar-refractivity contribution in [2.45, 2.75) is 167 Å². The first kappa shape index (κ1) is 27.2. The van der Waals surface area contributed by atoms with Crippen LogP contribution in [-0.4, -0.2) is 24.2 Å². The average molecular weight is 435 g/mol. The van der Waals surface area contributed by atoms with Gasteiger partial charge in [0.2, 0.25) is 0 Å². The highest BCUT2D eigenvalue weighted by Gasteiger charge is 2.42. The van der Waals surface area contributed by atoms with Crippen molar-refractivity contribution in [1.29, 1.82) is 0 Å². The van der Waals surface area contributed by atoms with Crippen LogP contribution in [0.5, 0.6) is 0 Å². The lowest BCUT2D eigenvalue weighted by molar-refractivity contribution is -0.0245. The first-order valence-corrected chi connectivity index (χ1v) is 14.8. The van der Waals surface area contributed by atoms with Crippen LogP contribution in [0.15, 0.2) is 0 Å². The molecule has 0 saturated carbocycles.